The van der Waals surface area contributed by atoms with Gasteiger partial charge in [0.2, 0.25) is 0 Å². The highest BCUT2D eigenvalue weighted by atomic mass is 28.4. The average molecular weight is 461 g/mol. The number of ketones is 1. The highest BCUT2D eigenvalue weighted by Gasteiger charge is 2.56. The highest BCUT2D eigenvalue weighted by Crippen LogP contribution is 2.46. The van der Waals surface area contributed by atoms with Crippen molar-refractivity contribution in [1.29, 1.82) is 0 Å². The fraction of sp³-hybridized carbons (Fsp3) is 0.955. The second-order valence-electron chi connectivity index (χ2n) is 13.1. The molecule has 29 heavy (non-hydrogen) atoms. The van der Waals surface area contributed by atoms with Gasteiger partial charge < -0.3 is 13.3 Å². The molecule has 0 spiro atoms. The van der Waals surface area contributed by atoms with Gasteiger partial charge in [0.25, 0.3) is 0 Å². The lowest BCUT2D eigenvalue weighted by Gasteiger charge is -2.54. The normalized spacial score (nSPS) is 24.7. The van der Waals surface area contributed by atoms with Gasteiger partial charge in [0.1, 0.15) is 11.4 Å². The zero-order chi connectivity index (χ0) is 23.3. The molecule has 172 valence electrons. The number of carbonyl (C=O) groups excluding carboxylic acids is 1. The van der Waals surface area contributed by atoms with Crippen molar-refractivity contribution in [3.05, 3.63) is 0 Å². The first-order valence-corrected chi connectivity index (χ1v) is 20.3. The Balaban J connectivity index is 3.41. The molecular formula is C22H48O4Si3. The van der Waals surface area contributed by atoms with Gasteiger partial charge in [-0.1, -0.05) is 41.5 Å². The van der Waals surface area contributed by atoms with Crippen LogP contribution in [-0.2, 0) is 18.1 Å². The molecule has 0 N–H and O–H groups in total. The van der Waals surface area contributed by atoms with Gasteiger partial charge in [-0.3, -0.25) is 4.79 Å². The predicted molar refractivity (Wildman–Crippen MR) is 131 cm³/mol. The van der Waals surface area contributed by atoms with Crippen molar-refractivity contribution >= 4 is 30.7 Å². The minimum absolute atomic E-state index is 0.0728. The molecule has 0 saturated heterocycles. The van der Waals surface area contributed by atoms with Crippen molar-refractivity contribution in [2.75, 3.05) is 0 Å². The zero-order valence-corrected chi connectivity index (χ0v) is 24.7. The molecule has 0 unspecified atom stereocenters. The second kappa shape index (κ2) is 8.28. The van der Waals surface area contributed by atoms with E-state index in [2.05, 4.69) is 94.3 Å². The van der Waals surface area contributed by atoms with Gasteiger partial charge in [-0.2, -0.15) is 0 Å². The first-order valence-electron chi connectivity index (χ1n) is 11.1. The molecule has 4 nitrogen and oxygen atoms in total. The molecule has 7 heteroatoms. The SMILES string of the molecule is CC1(O[Si](C)(C)C)[C@H](O[Si](C)(C)C(C)(C)C)CC(=O)C[C@H]1O[Si](C)(C)C(C)(C)C. The lowest BCUT2D eigenvalue weighted by Crippen LogP contribution is -2.66. The minimum atomic E-state index is -2.07. The maximum Gasteiger partial charge on any atom is 0.192 e. The maximum absolute atomic E-state index is 12.8. The number of carbonyl (C=O) groups is 1. The largest absolute Gasteiger partial charge is 0.410 e. The molecule has 1 aliphatic carbocycles. The summed E-state index contributed by atoms with van der Waals surface area (Å²) in [6.45, 7) is 31.2. The van der Waals surface area contributed by atoms with Crippen LogP contribution in [0.25, 0.3) is 0 Å². The van der Waals surface area contributed by atoms with Crippen molar-refractivity contribution in [2.45, 2.75) is 135 Å². The van der Waals surface area contributed by atoms with Crippen molar-refractivity contribution in [3.63, 3.8) is 0 Å². The molecular weight excluding hydrogens is 412 g/mol. The molecule has 1 fully saturated rings. The third kappa shape index (κ3) is 6.59. The Morgan fingerprint density at radius 1 is 0.759 bits per heavy atom. The fourth-order valence-corrected chi connectivity index (χ4v) is 7.63. The van der Waals surface area contributed by atoms with E-state index in [1.54, 1.807) is 0 Å². The maximum atomic E-state index is 12.8. The third-order valence-corrected chi connectivity index (χ3v) is 17.1. The molecule has 1 saturated carbocycles. The van der Waals surface area contributed by atoms with Crippen molar-refractivity contribution in [3.8, 4) is 0 Å². The van der Waals surface area contributed by atoms with Gasteiger partial charge in [-0.25, -0.2) is 0 Å². The monoisotopic (exact) mass is 460 g/mol. The lowest BCUT2D eigenvalue weighted by molar-refractivity contribution is -0.154. The van der Waals surface area contributed by atoms with Crippen LogP contribution in [-0.4, -0.2) is 48.5 Å². The summed E-state index contributed by atoms with van der Waals surface area (Å²) in [5.41, 5.74) is -0.608. The van der Waals surface area contributed by atoms with Crippen molar-refractivity contribution in [2.24, 2.45) is 0 Å². The van der Waals surface area contributed by atoms with E-state index in [-0.39, 0.29) is 28.1 Å². The molecule has 0 bridgehead atoms. The van der Waals surface area contributed by atoms with Crippen LogP contribution in [0, 0.1) is 0 Å². The van der Waals surface area contributed by atoms with Crippen LogP contribution in [0.3, 0.4) is 0 Å². The fourth-order valence-electron chi connectivity index (χ4n) is 3.28. The van der Waals surface area contributed by atoms with Gasteiger partial charge in [0, 0.05) is 12.8 Å². The Morgan fingerprint density at radius 2 is 1.07 bits per heavy atom. The van der Waals surface area contributed by atoms with Crippen LogP contribution in [0.5, 0.6) is 0 Å². The van der Waals surface area contributed by atoms with E-state index in [1.165, 1.54) is 0 Å². The van der Waals surface area contributed by atoms with Crippen molar-refractivity contribution < 1.29 is 18.1 Å². The molecule has 1 rings (SSSR count). The average Bonchev–Trinajstić information content (AvgIpc) is 2.39. The molecule has 0 aromatic heterocycles. The summed E-state index contributed by atoms with van der Waals surface area (Å²) in [6, 6.07) is 0. The predicted octanol–water partition coefficient (Wildman–Crippen LogP) is 6.74. The van der Waals surface area contributed by atoms with Crippen LogP contribution in [0.4, 0.5) is 0 Å². The Bertz CT molecular complexity index is 555. The Hall–Kier alpha value is 0.201. The summed E-state index contributed by atoms with van der Waals surface area (Å²) < 4.78 is 20.6. The summed E-state index contributed by atoms with van der Waals surface area (Å²) >= 11 is 0. The molecule has 0 aliphatic heterocycles. The van der Waals surface area contributed by atoms with Gasteiger partial charge in [-0.15, -0.1) is 0 Å². The third-order valence-electron chi connectivity index (χ3n) is 7.12. The van der Waals surface area contributed by atoms with E-state index in [1.807, 2.05) is 0 Å². The number of Topliss-reactive ketones (excluding diaryl/α,β-unsaturated/α-hetero) is 1. The van der Waals surface area contributed by atoms with Crippen LogP contribution in [0.1, 0.15) is 61.3 Å². The minimum Gasteiger partial charge on any atom is -0.410 e. The molecule has 1 aliphatic rings. The van der Waals surface area contributed by atoms with Crippen LogP contribution in [0.15, 0.2) is 0 Å². The summed E-state index contributed by atoms with van der Waals surface area (Å²) in [7, 11) is -6.05. The van der Waals surface area contributed by atoms with Crippen LogP contribution < -0.4 is 0 Å². The lowest BCUT2D eigenvalue weighted by atomic mass is 9.80. The number of hydrogen-bond acceptors (Lipinski definition) is 4. The molecule has 0 heterocycles. The van der Waals surface area contributed by atoms with E-state index in [0.717, 1.165) is 0 Å². The summed E-state index contributed by atoms with van der Waals surface area (Å²) in [6.07, 6.45) is 0.327. The summed E-state index contributed by atoms with van der Waals surface area (Å²) in [5.74, 6) is 0.231. The number of rotatable bonds is 6. The van der Waals surface area contributed by atoms with Crippen molar-refractivity contribution in [1.82, 2.24) is 0 Å². The van der Waals surface area contributed by atoms with E-state index in [4.69, 9.17) is 13.3 Å². The Morgan fingerprint density at radius 3 is 1.31 bits per heavy atom. The highest BCUT2D eigenvalue weighted by molar-refractivity contribution is 6.74. The van der Waals surface area contributed by atoms with Gasteiger partial charge in [-0.05, 0) is 62.8 Å². The summed E-state index contributed by atoms with van der Waals surface area (Å²) in [5, 5.41) is 0.146. The van der Waals surface area contributed by atoms with E-state index >= 15 is 0 Å². The number of hydrogen-bond donors (Lipinski definition) is 0. The molecule has 0 aromatic carbocycles. The Kier molecular flexibility index (Phi) is 7.78. The molecule has 0 amide bonds. The first kappa shape index (κ1) is 27.2. The van der Waals surface area contributed by atoms with Crippen LogP contribution in [0.2, 0.25) is 55.9 Å². The zero-order valence-electron chi connectivity index (χ0n) is 21.7. The Labute approximate surface area is 183 Å². The second-order valence-corrected chi connectivity index (χ2v) is 27.0. The van der Waals surface area contributed by atoms with Gasteiger partial charge in [0.15, 0.2) is 25.0 Å². The van der Waals surface area contributed by atoms with E-state index < -0.39 is 30.6 Å². The standard InChI is InChI=1S/C22H48O4Si3/c1-20(2,3)28(11,12)24-18-15-17(23)16-19(22(18,7)26-27(8,9)10)25-29(13,14)21(4,5)6/h18-19H,15-16H2,1-14H3/t18-,19-/m1/s1. The molecule has 0 radical (unpaired) electrons. The quantitative estimate of drug-likeness (QED) is 0.412. The van der Waals surface area contributed by atoms with E-state index in [9.17, 15) is 4.79 Å². The van der Waals surface area contributed by atoms with Gasteiger partial charge >= 0.3 is 0 Å². The topological polar surface area (TPSA) is 44.8 Å². The van der Waals surface area contributed by atoms with Gasteiger partial charge in [0.05, 0.1) is 12.2 Å². The molecule has 2 atom stereocenters. The van der Waals surface area contributed by atoms with Crippen LogP contribution >= 0.6 is 0 Å². The smallest absolute Gasteiger partial charge is 0.192 e. The summed E-state index contributed by atoms with van der Waals surface area (Å²) in [4.78, 5) is 12.8. The first-order chi connectivity index (χ1) is 12.5. The van der Waals surface area contributed by atoms with E-state index in [0.29, 0.717) is 12.8 Å². The molecule has 0 aromatic rings.